The van der Waals surface area contributed by atoms with Gasteiger partial charge in [-0.1, -0.05) is 6.92 Å². The maximum atomic E-state index is 4.30. The highest BCUT2D eigenvalue weighted by molar-refractivity contribution is 14.0. The molecule has 0 aliphatic rings. The molecule has 1 atom stereocenters. The molecular formula is C14H26IN5. The number of nitrogens with one attached hydrogen (secondary N) is 2. The second-order valence-corrected chi connectivity index (χ2v) is 4.80. The molecule has 6 heteroatoms. The molecule has 0 aromatic carbocycles. The van der Waals surface area contributed by atoms with Crippen molar-refractivity contribution in [1.82, 2.24) is 15.6 Å². The van der Waals surface area contributed by atoms with Crippen LogP contribution in [0.5, 0.6) is 0 Å². The molecule has 20 heavy (non-hydrogen) atoms. The molecule has 114 valence electrons. The largest absolute Gasteiger partial charge is 0.363 e. The van der Waals surface area contributed by atoms with E-state index in [2.05, 4.69) is 40.5 Å². The molecule has 1 aromatic heterocycles. The van der Waals surface area contributed by atoms with Crippen molar-refractivity contribution < 1.29 is 0 Å². The first kappa shape index (κ1) is 18.9. The maximum absolute atomic E-state index is 4.30. The molecule has 0 fully saturated rings. The van der Waals surface area contributed by atoms with Crippen molar-refractivity contribution in [2.75, 3.05) is 26.0 Å². The molecule has 1 rings (SSSR count). The molecule has 0 amide bonds. The van der Waals surface area contributed by atoms with Crippen molar-refractivity contribution in [1.29, 1.82) is 0 Å². The molecule has 0 spiro atoms. The van der Waals surface area contributed by atoms with Crippen LogP contribution in [0.4, 0.5) is 5.82 Å². The van der Waals surface area contributed by atoms with E-state index in [1.165, 1.54) is 5.56 Å². The van der Waals surface area contributed by atoms with Crippen molar-refractivity contribution in [2.24, 2.45) is 4.99 Å². The van der Waals surface area contributed by atoms with E-state index in [1.54, 1.807) is 7.05 Å². The Hall–Kier alpha value is -1.05. The first-order valence-corrected chi connectivity index (χ1v) is 6.66. The predicted octanol–water partition coefficient (Wildman–Crippen LogP) is 2.23. The normalized spacial score (nSPS) is 12.3. The van der Waals surface area contributed by atoms with E-state index in [4.69, 9.17) is 0 Å². The van der Waals surface area contributed by atoms with Crippen molar-refractivity contribution in [3.05, 3.63) is 23.9 Å². The number of hydrogen-bond donors (Lipinski definition) is 2. The lowest BCUT2D eigenvalue weighted by atomic mass is 10.2. The summed E-state index contributed by atoms with van der Waals surface area (Å²) >= 11 is 0. The Bertz CT molecular complexity index is 420. The van der Waals surface area contributed by atoms with Crippen LogP contribution < -0.4 is 15.5 Å². The summed E-state index contributed by atoms with van der Waals surface area (Å²) in [4.78, 5) is 10.5. The van der Waals surface area contributed by atoms with E-state index >= 15 is 0 Å². The third-order valence-corrected chi connectivity index (χ3v) is 2.95. The fourth-order valence-electron chi connectivity index (χ4n) is 1.53. The second-order valence-electron chi connectivity index (χ2n) is 4.80. The van der Waals surface area contributed by atoms with Crippen LogP contribution in [-0.4, -0.2) is 38.1 Å². The van der Waals surface area contributed by atoms with Crippen LogP contribution >= 0.6 is 24.0 Å². The molecular weight excluding hydrogens is 365 g/mol. The first-order chi connectivity index (χ1) is 9.06. The van der Waals surface area contributed by atoms with Gasteiger partial charge in [-0.25, -0.2) is 4.98 Å². The smallest absolute Gasteiger partial charge is 0.191 e. The maximum Gasteiger partial charge on any atom is 0.191 e. The number of guanidine groups is 1. The molecule has 1 unspecified atom stereocenters. The van der Waals surface area contributed by atoms with Gasteiger partial charge in [0.25, 0.3) is 0 Å². The van der Waals surface area contributed by atoms with E-state index in [0.717, 1.165) is 24.7 Å². The zero-order chi connectivity index (χ0) is 14.3. The summed E-state index contributed by atoms with van der Waals surface area (Å²) in [6, 6.07) is 4.50. The van der Waals surface area contributed by atoms with Gasteiger partial charge < -0.3 is 15.5 Å². The van der Waals surface area contributed by atoms with Crippen LogP contribution in [0.25, 0.3) is 0 Å². The lowest BCUT2D eigenvalue weighted by molar-refractivity contribution is 0.624. The Morgan fingerprint density at radius 3 is 2.70 bits per heavy atom. The molecule has 5 nitrogen and oxygen atoms in total. The molecule has 0 saturated carbocycles. The number of aromatic nitrogens is 1. The van der Waals surface area contributed by atoms with Crippen molar-refractivity contribution >= 4 is 35.8 Å². The summed E-state index contributed by atoms with van der Waals surface area (Å²) in [5.74, 6) is 1.79. The molecule has 0 saturated heterocycles. The molecule has 2 N–H and O–H groups in total. The van der Waals surface area contributed by atoms with Crippen molar-refractivity contribution in [3.63, 3.8) is 0 Å². The Morgan fingerprint density at radius 1 is 1.45 bits per heavy atom. The monoisotopic (exact) mass is 391 g/mol. The van der Waals surface area contributed by atoms with Crippen LogP contribution in [0.2, 0.25) is 0 Å². The third kappa shape index (κ3) is 6.40. The van der Waals surface area contributed by atoms with Crippen LogP contribution in [-0.2, 0) is 6.54 Å². The SMILES string of the molecule is CCC(C)NC(=NC)NCc1ccnc(N(C)C)c1.I. The second kappa shape index (κ2) is 9.79. The lowest BCUT2D eigenvalue weighted by Gasteiger charge is -2.17. The minimum atomic E-state index is 0. The first-order valence-electron chi connectivity index (χ1n) is 6.66. The average Bonchev–Trinajstić information content (AvgIpc) is 2.43. The number of anilines is 1. The molecule has 0 radical (unpaired) electrons. The van der Waals surface area contributed by atoms with Crippen molar-refractivity contribution in [2.45, 2.75) is 32.9 Å². The zero-order valence-electron chi connectivity index (χ0n) is 13.0. The molecule has 0 bridgehead atoms. The van der Waals surface area contributed by atoms with Gasteiger partial charge in [-0.15, -0.1) is 24.0 Å². The zero-order valence-corrected chi connectivity index (χ0v) is 15.3. The van der Waals surface area contributed by atoms with Crippen LogP contribution in [0.1, 0.15) is 25.8 Å². The third-order valence-electron chi connectivity index (χ3n) is 2.95. The quantitative estimate of drug-likeness (QED) is 0.459. The van der Waals surface area contributed by atoms with Gasteiger partial charge in [-0.3, -0.25) is 4.99 Å². The lowest BCUT2D eigenvalue weighted by Crippen LogP contribution is -2.41. The van der Waals surface area contributed by atoms with Crippen LogP contribution in [0.3, 0.4) is 0 Å². The number of hydrogen-bond acceptors (Lipinski definition) is 3. The number of aliphatic imine (C=N–C) groups is 1. The number of rotatable bonds is 5. The van der Waals surface area contributed by atoms with E-state index in [1.807, 2.05) is 31.3 Å². The van der Waals surface area contributed by atoms with Gasteiger partial charge in [0.1, 0.15) is 5.82 Å². The summed E-state index contributed by atoms with van der Waals surface area (Å²) in [5, 5.41) is 6.65. The van der Waals surface area contributed by atoms with Gasteiger partial charge >= 0.3 is 0 Å². The molecule has 1 aromatic rings. The Balaban J connectivity index is 0.00000361. The van der Waals surface area contributed by atoms with Gasteiger partial charge in [-0.05, 0) is 31.0 Å². The topological polar surface area (TPSA) is 52.6 Å². The Morgan fingerprint density at radius 2 is 2.15 bits per heavy atom. The summed E-state index contributed by atoms with van der Waals surface area (Å²) in [7, 11) is 5.77. The molecule has 0 aliphatic carbocycles. The highest BCUT2D eigenvalue weighted by atomic mass is 127. The summed E-state index contributed by atoms with van der Waals surface area (Å²) in [6.45, 7) is 5.03. The fourth-order valence-corrected chi connectivity index (χ4v) is 1.53. The van der Waals surface area contributed by atoms with Gasteiger partial charge in [0.05, 0.1) is 0 Å². The Kier molecular flexibility index (Phi) is 9.28. The fraction of sp³-hybridized carbons (Fsp3) is 0.571. The minimum absolute atomic E-state index is 0. The Labute approximate surface area is 139 Å². The van der Waals surface area contributed by atoms with Gasteiger partial charge in [0.15, 0.2) is 5.96 Å². The standard InChI is InChI=1S/C14H25N5.HI/c1-6-11(2)18-14(15-3)17-10-12-7-8-16-13(9-12)19(4)5;/h7-9,11H,6,10H2,1-5H3,(H2,15,17,18);1H. The summed E-state index contributed by atoms with van der Waals surface area (Å²) in [5.41, 5.74) is 1.19. The number of nitrogens with zero attached hydrogens (tertiary/aromatic N) is 3. The van der Waals surface area contributed by atoms with Crippen LogP contribution in [0, 0.1) is 0 Å². The highest BCUT2D eigenvalue weighted by Gasteiger charge is 2.03. The number of halogens is 1. The van der Waals surface area contributed by atoms with E-state index in [-0.39, 0.29) is 24.0 Å². The van der Waals surface area contributed by atoms with Gasteiger partial charge in [-0.2, -0.15) is 0 Å². The van der Waals surface area contributed by atoms with E-state index in [0.29, 0.717) is 6.04 Å². The summed E-state index contributed by atoms with van der Waals surface area (Å²) < 4.78 is 0. The number of pyridine rings is 1. The minimum Gasteiger partial charge on any atom is -0.363 e. The van der Waals surface area contributed by atoms with Crippen molar-refractivity contribution in [3.8, 4) is 0 Å². The van der Waals surface area contributed by atoms with E-state index < -0.39 is 0 Å². The summed E-state index contributed by atoms with van der Waals surface area (Å²) in [6.07, 6.45) is 2.90. The van der Waals surface area contributed by atoms with Gasteiger partial charge in [0.2, 0.25) is 0 Å². The average molecular weight is 391 g/mol. The van der Waals surface area contributed by atoms with E-state index in [9.17, 15) is 0 Å². The van der Waals surface area contributed by atoms with Crippen LogP contribution in [0.15, 0.2) is 23.3 Å². The molecule has 0 aliphatic heterocycles. The highest BCUT2D eigenvalue weighted by Crippen LogP contribution is 2.09. The van der Waals surface area contributed by atoms with Gasteiger partial charge in [0, 0.05) is 39.9 Å². The molecule has 1 heterocycles. The predicted molar refractivity (Wildman–Crippen MR) is 97.1 cm³/mol.